The van der Waals surface area contributed by atoms with Crippen LogP contribution in [-0.4, -0.2) is 55.4 Å². The van der Waals surface area contributed by atoms with Crippen molar-refractivity contribution in [3.05, 3.63) is 0 Å². The van der Waals surface area contributed by atoms with Crippen molar-refractivity contribution >= 4 is 10.0 Å². The fraction of sp³-hybridized carbons (Fsp3) is 1.00. The van der Waals surface area contributed by atoms with E-state index in [4.69, 9.17) is 0 Å². The topological polar surface area (TPSA) is 69.6 Å². The molecule has 2 atom stereocenters. The Balaban J connectivity index is 2.14. The minimum absolute atomic E-state index is 0.0562. The van der Waals surface area contributed by atoms with Crippen LogP contribution in [0.3, 0.4) is 0 Å². The first kappa shape index (κ1) is 14.2. The van der Waals surface area contributed by atoms with Gasteiger partial charge in [0.2, 0.25) is 10.0 Å². The van der Waals surface area contributed by atoms with Gasteiger partial charge in [-0.3, -0.25) is 0 Å². The molecule has 0 aromatic rings. The summed E-state index contributed by atoms with van der Waals surface area (Å²) >= 11 is 0. The quantitative estimate of drug-likeness (QED) is 0.778. The SMILES string of the molecule is O=S(=O)(C1CCCNC1)N1CCCCCC1CO. The van der Waals surface area contributed by atoms with Gasteiger partial charge in [0.05, 0.1) is 11.9 Å². The normalized spacial score (nSPS) is 32.1. The maximum absolute atomic E-state index is 12.6. The van der Waals surface area contributed by atoms with E-state index in [-0.39, 0.29) is 17.9 Å². The van der Waals surface area contributed by atoms with E-state index < -0.39 is 10.0 Å². The lowest BCUT2D eigenvalue weighted by Crippen LogP contribution is -2.50. The summed E-state index contributed by atoms with van der Waals surface area (Å²) in [6, 6.07) is -0.209. The van der Waals surface area contributed by atoms with Gasteiger partial charge in [0, 0.05) is 19.1 Å². The molecular weight excluding hydrogens is 252 g/mol. The third-order valence-electron chi connectivity index (χ3n) is 4.03. The van der Waals surface area contributed by atoms with Crippen molar-refractivity contribution in [2.45, 2.75) is 49.8 Å². The lowest BCUT2D eigenvalue weighted by Gasteiger charge is -2.33. The number of nitrogens with zero attached hydrogens (tertiary/aromatic N) is 1. The van der Waals surface area contributed by atoms with Crippen LogP contribution in [0.25, 0.3) is 0 Å². The molecule has 0 saturated carbocycles. The second kappa shape index (κ2) is 6.32. The zero-order chi connectivity index (χ0) is 13.0. The van der Waals surface area contributed by atoms with Gasteiger partial charge >= 0.3 is 0 Å². The van der Waals surface area contributed by atoms with Crippen LogP contribution in [0.15, 0.2) is 0 Å². The van der Waals surface area contributed by atoms with Crippen LogP contribution in [0.5, 0.6) is 0 Å². The van der Waals surface area contributed by atoms with E-state index in [1.807, 2.05) is 0 Å². The van der Waals surface area contributed by atoms with Gasteiger partial charge in [-0.15, -0.1) is 0 Å². The van der Waals surface area contributed by atoms with Crippen LogP contribution >= 0.6 is 0 Å². The average Bonchev–Trinajstić information content (AvgIpc) is 2.65. The van der Waals surface area contributed by atoms with E-state index in [9.17, 15) is 13.5 Å². The number of rotatable bonds is 3. The smallest absolute Gasteiger partial charge is 0.218 e. The van der Waals surface area contributed by atoms with Gasteiger partial charge in [0.15, 0.2) is 0 Å². The molecule has 0 spiro atoms. The second-order valence-electron chi connectivity index (χ2n) is 5.31. The third-order valence-corrected chi connectivity index (χ3v) is 6.41. The van der Waals surface area contributed by atoms with Crippen LogP contribution in [0.1, 0.15) is 38.5 Å². The van der Waals surface area contributed by atoms with Crippen molar-refractivity contribution in [1.82, 2.24) is 9.62 Å². The summed E-state index contributed by atoms with van der Waals surface area (Å²) in [7, 11) is -3.26. The Hall–Kier alpha value is -0.170. The molecule has 2 aliphatic heterocycles. The van der Waals surface area contributed by atoms with Crippen LogP contribution in [0.2, 0.25) is 0 Å². The van der Waals surface area contributed by atoms with Gasteiger partial charge in [-0.2, -0.15) is 4.31 Å². The number of piperidine rings is 1. The third kappa shape index (κ3) is 3.04. The molecule has 2 unspecified atom stereocenters. The van der Waals surface area contributed by atoms with Crippen molar-refractivity contribution in [3.8, 4) is 0 Å². The number of aliphatic hydroxyl groups excluding tert-OH is 1. The summed E-state index contributed by atoms with van der Waals surface area (Å²) < 4.78 is 26.9. The van der Waals surface area contributed by atoms with E-state index in [2.05, 4.69) is 5.32 Å². The molecular formula is C12H24N2O3S. The molecule has 0 aliphatic carbocycles. The van der Waals surface area contributed by atoms with Gasteiger partial charge in [-0.05, 0) is 32.2 Å². The largest absolute Gasteiger partial charge is 0.395 e. The van der Waals surface area contributed by atoms with Crippen molar-refractivity contribution in [2.24, 2.45) is 0 Å². The van der Waals surface area contributed by atoms with Crippen LogP contribution in [-0.2, 0) is 10.0 Å². The molecule has 2 rings (SSSR count). The Kier molecular flexibility index (Phi) is 5.00. The molecule has 2 saturated heterocycles. The van der Waals surface area contributed by atoms with Gasteiger partial charge in [-0.1, -0.05) is 12.8 Å². The fourth-order valence-electron chi connectivity index (χ4n) is 2.93. The zero-order valence-corrected chi connectivity index (χ0v) is 11.7. The highest BCUT2D eigenvalue weighted by Gasteiger charge is 2.37. The monoisotopic (exact) mass is 276 g/mol. The van der Waals surface area contributed by atoms with Crippen LogP contribution in [0.4, 0.5) is 0 Å². The fourth-order valence-corrected chi connectivity index (χ4v) is 5.08. The number of nitrogens with one attached hydrogen (secondary N) is 1. The highest BCUT2D eigenvalue weighted by atomic mass is 32.2. The molecule has 2 fully saturated rings. The van der Waals surface area contributed by atoms with E-state index >= 15 is 0 Å². The first-order chi connectivity index (χ1) is 8.66. The Morgan fingerprint density at radius 1 is 1.17 bits per heavy atom. The molecule has 2 aliphatic rings. The van der Waals surface area contributed by atoms with Crippen molar-refractivity contribution in [3.63, 3.8) is 0 Å². The minimum Gasteiger partial charge on any atom is -0.395 e. The molecule has 6 heteroatoms. The standard InChI is InChI=1S/C12H24N2O3S/c15-10-11-5-2-1-3-8-14(11)18(16,17)12-6-4-7-13-9-12/h11-13,15H,1-10H2. The van der Waals surface area contributed by atoms with Crippen molar-refractivity contribution in [2.75, 3.05) is 26.2 Å². The second-order valence-corrected chi connectivity index (χ2v) is 7.48. The van der Waals surface area contributed by atoms with Gasteiger partial charge < -0.3 is 10.4 Å². The van der Waals surface area contributed by atoms with Crippen LogP contribution < -0.4 is 5.32 Å². The molecule has 0 amide bonds. The lowest BCUT2D eigenvalue weighted by molar-refractivity contribution is 0.185. The summed E-state index contributed by atoms with van der Waals surface area (Å²) in [5, 5.41) is 12.3. The number of aliphatic hydroxyl groups is 1. The van der Waals surface area contributed by atoms with Crippen molar-refractivity contribution < 1.29 is 13.5 Å². The molecule has 0 aromatic carbocycles. The van der Waals surface area contributed by atoms with Gasteiger partial charge in [-0.25, -0.2) is 8.42 Å². The van der Waals surface area contributed by atoms with E-state index in [0.29, 0.717) is 13.1 Å². The molecule has 0 bridgehead atoms. The van der Waals surface area contributed by atoms with Crippen LogP contribution in [0, 0.1) is 0 Å². The summed E-state index contributed by atoms with van der Waals surface area (Å²) in [6.07, 6.45) is 5.43. The lowest BCUT2D eigenvalue weighted by atomic mass is 10.1. The number of hydrogen-bond acceptors (Lipinski definition) is 4. The number of sulfonamides is 1. The highest BCUT2D eigenvalue weighted by molar-refractivity contribution is 7.89. The Morgan fingerprint density at radius 3 is 2.67 bits per heavy atom. The summed E-state index contributed by atoms with van der Waals surface area (Å²) in [6.45, 7) is 1.98. The van der Waals surface area contributed by atoms with Gasteiger partial charge in [0.25, 0.3) is 0 Å². The van der Waals surface area contributed by atoms with Gasteiger partial charge in [0.1, 0.15) is 0 Å². The summed E-state index contributed by atoms with van der Waals surface area (Å²) in [5.41, 5.74) is 0. The molecule has 0 aromatic heterocycles. The Labute approximate surface area is 110 Å². The molecule has 18 heavy (non-hydrogen) atoms. The maximum atomic E-state index is 12.6. The maximum Gasteiger partial charge on any atom is 0.218 e. The molecule has 5 nitrogen and oxygen atoms in total. The first-order valence-corrected chi connectivity index (χ1v) is 8.49. The van der Waals surface area contributed by atoms with E-state index in [1.165, 1.54) is 0 Å². The highest BCUT2D eigenvalue weighted by Crippen LogP contribution is 2.24. The van der Waals surface area contributed by atoms with E-state index in [0.717, 1.165) is 45.1 Å². The molecule has 2 N–H and O–H groups in total. The molecule has 106 valence electrons. The number of hydrogen-bond donors (Lipinski definition) is 2. The first-order valence-electron chi connectivity index (χ1n) is 6.98. The van der Waals surface area contributed by atoms with E-state index in [1.54, 1.807) is 4.31 Å². The summed E-state index contributed by atoms with van der Waals surface area (Å²) in [5.74, 6) is 0. The Morgan fingerprint density at radius 2 is 2.00 bits per heavy atom. The minimum atomic E-state index is -3.26. The van der Waals surface area contributed by atoms with Crippen molar-refractivity contribution in [1.29, 1.82) is 0 Å². The predicted molar refractivity (Wildman–Crippen MR) is 70.9 cm³/mol. The predicted octanol–water partition coefficient (Wildman–Crippen LogP) is 0.305. The zero-order valence-electron chi connectivity index (χ0n) is 10.8. The Bertz CT molecular complexity index is 352. The molecule has 0 radical (unpaired) electrons. The molecule has 2 heterocycles. The summed E-state index contributed by atoms with van der Waals surface area (Å²) in [4.78, 5) is 0. The average molecular weight is 276 g/mol.